The minimum atomic E-state index is -0.843. The van der Waals surface area contributed by atoms with Crippen LogP contribution in [0.4, 0.5) is 4.79 Å². The van der Waals surface area contributed by atoms with Crippen LogP contribution in [0, 0.1) is 5.92 Å². The highest BCUT2D eigenvalue weighted by Gasteiger charge is 2.38. The Morgan fingerprint density at radius 1 is 1.00 bits per heavy atom. The molecule has 0 spiro atoms. The van der Waals surface area contributed by atoms with Gasteiger partial charge in [0, 0.05) is 38.8 Å². The van der Waals surface area contributed by atoms with Crippen molar-refractivity contribution in [3.8, 4) is 0 Å². The normalized spacial score (nSPS) is 28.3. The van der Waals surface area contributed by atoms with Crippen molar-refractivity contribution in [2.75, 3.05) is 52.5 Å². The fraction of sp³-hybridized carbons (Fsp3) is 0.857. The van der Waals surface area contributed by atoms with Crippen LogP contribution < -0.4 is 0 Å². The summed E-state index contributed by atoms with van der Waals surface area (Å²) in [5.74, 6) is 0.313. The fourth-order valence-electron chi connectivity index (χ4n) is 3.42. The van der Waals surface area contributed by atoms with Crippen LogP contribution in [0.5, 0.6) is 0 Å². The molecule has 3 rings (SSSR count). The van der Waals surface area contributed by atoms with Crippen molar-refractivity contribution in [1.82, 2.24) is 14.7 Å². The highest BCUT2D eigenvalue weighted by atomic mass is 16.5. The number of carbonyl (C=O) groups is 2. The molecule has 0 aromatic rings. The van der Waals surface area contributed by atoms with E-state index < -0.39 is 6.09 Å². The second-order valence-corrected chi connectivity index (χ2v) is 6.11. The van der Waals surface area contributed by atoms with Crippen molar-refractivity contribution >= 4 is 12.0 Å². The zero-order valence-corrected chi connectivity index (χ0v) is 12.2. The monoisotopic (exact) mass is 297 g/mol. The van der Waals surface area contributed by atoms with Gasteiger partial charge in [-0.25, -0.2) is 4.79 Å². The fourth-order valence-corrected chi connectivity index (χ4v) is 3.42. The summed E-state index contributed by atoms with van der Waals surface area (Å²) in [5.41, 5.74) is 0. The van der Waals surface area contributed by atoms with Crippen molar-refractivity contribution in [3.05, 3.63) is 0 Å². The van der Waals surface area contributed by atoms with Crippen molar-refractivity contribution < 1.29 is 19.4 Å². The number of amides is 2. The van der Waals surface area contributed by atoms with Crippen molar-refractivity contribution in [1.29, 1.82) is 0 Å². The molecule has 21 heavy (non-hydrogen) atoms. The minimum Gasteiger partial charge on any atom is -0.465 e. The Hall–Kier alpha value is -1.34. The summed E-state index contributed by atoms with van der Waals surface area (Å²) < 4.78 is 5.29. The lowest BCUT2D eigenvalue weighted by Gasteiger charge is -2.47. The predicted molar refractivity (Wildman–Crippen MR) is 75.1 cm³/mol. The molecule has 0 saturated carbocycles. The van der Waals surface area contributed by atoms with E-state index in [1.54, 1.807) is 0 Å². The van der Waals surface area contributed by atoms with Crippen LogP contribution >= 0.6 is 0 Å². The number of likely N-dealkylation sites (tertiary alicyclic amines) is 2. The third kappa shape index (κ3) is 3.13. The number of nitrogens with zero attached hydrogens (tertiary/aromatic N) is 3. The number of morpholine rings is 1. The number of rotatable bonds is 2. The summed E-state index contributed by atoms with van der Waals surface area (Å²) in [6.07, 6.45) is 1.12. The molecule has 1 N–H and O–H groups in total. The van der Waals surface area contributed by atoms with Gasteiger partial charge in [-0.1, -0.05) is 0 Å². The Labute approximate surface area is 124 Å². The summed E-state index contributed by atoms with van der Waals surface area (Å²) in [4.78, 5) is 29.0. The largest absolute Gasteiger partial charge is 0.465 e. The molecule has 118 valence electrons. The standard InChI is InChI=1S/C14H23N3O4/c18-13(15-4-6-21-7-5-15)11-2-1-3-16(8-11)12-9-17(10-12)14(19)20/h11-12H,1-10H2,(H,19,20). The van der Waals surface area contributed by atoms with E-state index in [0.717, 1.165) is 25.9 Å². The third-order valence-electron chi connectivity index (χ3n) is 4.77. The Balaban J connectivity index is 1.51. The zero-order valence-electron chi connectivity index (χ0n) is 12.2. The molecule has 0 aliphatic carbocycles. The molecule has 0 radical (unpaired) electrons. The first kappa shape index (κ1) is 14.6. The van der Waals surface area contributed by atoms with Gasteiger partial charge in [-0.2, -0.15) is 0 Å². The third-order valence-corrected chi connectivity index (χ3v) is 4.77. The van der Waals surface area contributed by atoms with E-state index >= 15 is 0 Å². The number of piperidine rings is 1. The Kier molecular flexibility index (Phi) is 4.30. The highest BCUT2D eigenvalue weighted by Crippen LogP contribution is 2.24. The minimum absolute atomic E-state index is 0.0655. The topological polar surface area (TPSA) is 73.3 Å². The maximum atomic E-state index is 12.5. The number of hydrogen-bond donors (Lipinski definition) is 1. The van der Waals surface area contributed by atoms with Crippen molar-refractivity contribution in [3.63, 3.8) is 0 Å². The van der Waals surface area contributed by atoms with Crippen LogP contribution in [-0.2, 0) is 9.53 Å². The van der Waals surface area contributed by atoms with Gasteiger partial charge in [-0.3, -0.25) is 9.69 Å². The van der Waals surface area contributed by atoms with Gasteiger partial charge in [-0.15, -0.1) is 0 Å². The van der Waals surface area contributed by atoms with E-state index in [9.17, 15) is 9.59 Å². The van der Waals surface area contributed by atoms with E-state index in [1.807, 2.05) is 4.90 Å². The second-order valence-electron chi connectivity index (χ2n) is 6.11. The number of ether oxygens (including phenoxy) is 1. The lowest BCUT2D eigenvalue weighted by atomic mass is 9.93. The molecule has 0 aromatic heterocycles. The molecule has 2 amide bonds. The lowest BCUT2D eigenvalue weighted by Crippen LogP contribution is -2.63. The molecular formula is C14H23N3O4. The van der Waals surface area contributed by atoms with E-state index in [-0.39, 0.29) is 11.8 Å². The van der Waals surface area contributed by atoms with Gasteiger partial charge >= 0.3 is 6.09 Å². The molecule has 3 aliphatic rings. The Morgan fingerprint density at radius 3 is 2.38 bits per heavy atom. The summed E-state index contributed by atoms with van der Waals surface area (Å²) in [6, 6.07) is 0.293. The first-order valence-corrected chi connectivity index (χ1v) is 7.73. The Bertz CT molecular complexity index is 405. The van der Waals surface area contributed by atoms with Crippen molar-refractivity contribution in [2.45, 2.75) is 18.9 Å². The van der Waals surface area contributed by atoms with Gasteiger partial charge in [-0.05, 0) is 19.4 Å². The summed E-state index contributed by atoms with van der Waals surface area (Å²) in [5, 5.41) is 8.89. The molecule has 1 atom stereocenters. The maximum absolute atomic E-state index is 12.5. The van der Waals surface area contributed by atoms with Crippen LogP contribution in [0.1, 0.15) is 12.8 Å². The van der Waals surface area contributed by atoms with Crippen LogP contribution in [-0.4, -0.2) is 90.3 Å². The first-order chi connectivity index (χ1) is 10.1. The van der Waals surface area contributed by atoms with Crippen molar-refractivity contribution in [2.24, 2.45) is 5.92 Å². The Morgan fingerprint density at radius 2 is 1.71 bits per heavy atom. The summed E-state index contributed by atoms with van der Waals surface area (Å²) in [7, 11) is 0. The molecule has 7 heteroatoms. The van der Waals surface area contributed by atoms with E-state index in [2.05, 4.69) is 4.90 Å². The first-order valence-electron chi connectivity index (χ1n) is 7.73. The average molecular weight is 297 g/mol. The molecule has 3 heterocycles. The van der Waals surface area contributed by atoms with Gasteiger partial charge in [0.25, 0.3) is 0 Å². The van der Waals surface area contributed by atoms with E-state index in [4.69, 9.17) is 9.84 Å². The van der Waals surface area contributed by atoms with Crippen LogP contribution in [0.2, 0.25) is 0 Å². The van der Waals surface area contributed by atoms with Gasteiger partial charge in [0.1, 0.15) is 0 Å². The van der Waals surface area contributed by atoms with Gasteiger partial charge in [0.15, 0.2) is 0 Å². The van der Waals surface area contributed by atoms with Gasteiger partial charge in [0.2, 0.25) is 5.91 Å². The number of carboxylic acid groups (broad SMARTS) is 1. The highest BCUT2D eigenvalue weighted by molar-refractivity contribution is 5.79. The molecular weight excluding hydrogens is 274 g/mol. The summed E-state index contributed by atoms with van der Waals surface area (Å²) >= 11 is 0. The van der Waals surface area contributed by atoms with E-state index in [1.165, 1.54) is 4.90 Å². The molecule has 3 saturated heterocycles. The summed E-state index contributed by atoms with van der Waals surface area (Å²) in [6.45, 7) is 5.58. The molecule has 3 aliphatic heterocycles. The average Bonchev–Trinajstić information content (AvgIpc) is 2.46. The van der Waals surface area contributed by atoms with Crippen LogP contribution in [0.15, 0.2) is 0 Å². The molecule has 7 nitrogen and oxygen atoms in total. The SMILES string of the molecule is O=C(O)N1CC(N2CCCC(C(=O)N3CCOCC3)C2)C1. The molecule has 3 fully saturated rings. The van der Waals surface area contributed by atoms with E-state index in [0.29, 0.717) is 45.4 Å². The molecule has 0 aromatic carbocycles. The van der Waals surface area contributed by atoms with Gasteiger partial charge < -0.3 is 19.6 Å². The molecule has 0 bridgehead atoms. The quantitative estimate of drug-likeness (QED) is 0.772. The van der Waals surface area contributed by atoms with Gasteiger partial charge in [0.05, 0.1) is 19.1 Å². The number of hydrogen-bond acceptors (Lipinski definition) is 4. The number of carbonyl (C=O) groups excluding carboxylic acids is 1. The second kappa shape index (κ2) is 6.19. The maximum Gasteiger partial charge on any atom is 0.407 e. The smallest absolute Gasteiger partial charge is 0.407 e. The van der Waals surface area contributed by atoms with Crippen LogP contribution in [0.3, 0.4) is 0 Å². The van der Waals surface area contributed by atoms with Crippen LogP contribution in [0.25, 0.3) is 0 Å². The lowest BCUT2D eigenvalue weighted by molar-refractivity contribution is -0.142. The zero-order chi connectivity index (χ0) is 14.8. The predicted octanol–water partition coefficient (Wildman–Crippen LogP) is -0.0806. The molecule has 1 unspecified atom stereocenters.